The fourth-order valence-electron chi connectivity index (χ4n) is 2.86. The third-order valence-electron chi connectivity index (χ3n) is 4.07. The lowest BCUT2D eigenvalue weighted by Crippen LogP contribution is -2.22. The molecule has 0 aliphatic rings. The van der Waals surface area contributed by atoms with Crippen LogP contribution in [0, 0.1) is 0 Å². The Morgan fingerprint density at radius 2 is 1.95 bits per heavy atom. The van der Waals surface area contributed by atoms with Gasteiger partial charge in [0.2, 0.25) is 0 Å². The van der Waals surface area contributed by atoms with Gasteiger partial charge < -0.3 is 5.32 Å². The van der Waals surface area contributed by atoms with Crippen molar-refractivity contribution >= 4 is 5.52 Å². The highest BCUT2D eigenvalue weighted by molar-refractivity contribution is 5.54. The molecule has 2 heterocycles. The van der Waals surface area contributed by atoms with Crippen LogP contribution in [-0.4, -0.2) is 16.2 Å². The molecule has 2 rings (SSSR count). The molecule has 0 saturated heterocycles. The summed E-state index contributed by atoms with van der Waals surface area (Å²) in [7, 11) is 0. The lowest BCUT2D eigenvalue weighted by molar-refractivity contribution is 0.470. The monoisotopic (exact) mass is 287 g/mol. The van der Waals surface area contributed by atoms with Crippen molar-refractivity contribution < 1.29 is 0 Å². The van der Waals surface area contributed by atoms with Crippen molar-refractivity contribution in [2.24, 2.45) is 0 Å². The van der Waals surface area contributed by atoms with Crippen LogP contribution in [0.5, 0.6) is 0 Å². The predicted octanol–water partition coefficient (Wildman–Crippen LogP) is 4.74. The third-order valence-corrected chi connectivity index (χ3v) is 4.07. The van der Waals surface area contributed by atoms with E-state index in [9.17, 15) is 0 Å². The summed E-state index contributed by atoms with van der Waals surface area (Å²) in [5.74, 6) is 0. The molecule has 0 fully saturated rings. The first-order valence-corrected chi connectivity index (χ1v) is 8.52. The minimum atomic E-state index is 0.437. The van der Waals surface area contributed by atoms with Crippen molar-refractivity contribution in [2.45, 2.75) is 64.8 Å². The summed E-state index contributed by atoms with van der Waals surface area (Å²) < 4.78 is 1.98. The summed E-state index contributed by atoms with van der Waals surface area (Å²) in [6, 6.07) is 6.73. The molecular weight excluding hydrogens is 258 g/mol. The second-order valence-electron chi connectivity index (χ2n) is 5.84. The van der Waals surface area contributed by atoms with Gasteiger partial charge >= 0.3 is 0 Å². The first-order valence-electron chi connectivity index (χ1n) is 8.52. The van der Waals surface area contributed by atoms with E-state index >= 15 is 0 Å². The van der Waals surface area contributed by atoms with Crippen molar-refractivity contribution in [1.82, 2.24) is 14.9 Å². The maximum atomic E-state index is 4.48. The normalized spacial score (nSPS) is 12.9. The maximum absolute atomic E-state index is 4.48. The largest absolute Gasteiger partial charge is 0.310 e. The quantitative estimate of drug-likeness (QED) is 0.640. The van der Waals surface area contributed by atoms with Crippen molar-refractivity contribution in [3.8, 4) is 0 Å². The molecular formula is C18H29N3. The van der Waals surface area contributed by atoms with E-state index in [1.807, 2.05) is 23.0 Å². The molecule has 2 aromatic rings. The van der Waals surface area contributed by atoms with Gasteiger partial charge in [0.05, 0.1) is 11.7 Å². The zero-order chi connectivity index (χ0) is 14.9. The van der Waals surface area contributed by atoms with E-state index in [-0.39, 0.29) is 0 Å². The van der Waals surface area contributed by atoms with E-state index in [2.05, 4.69) is 36.4 Å². The molecule has 21 heavy (non-hydrogen) atoms. The first kappa shape index (κ1) is 16.0. The van der Waals surface area contributed by atoms with E-state index in [1.165, 1.54) is 56.0 Å². The molecule has 1 atom stereocenters. The summed E-state index contributed by atoms with van der Waals surface area (Å²) >= 11 is 0. The van der Waals surface area contributed by atoms with E-state index in [0.717, 1.165) is 6.54 Å². The molecule has 0 saturated carbocycles. The summed E-state index contributed by atoms with van der Waals surface area (Å²) in [5.41, 5.74) is 2.58. The topological polar surface area (TPSA) is 29.3 Å². The molecule has 0 aliphatic carbocycles. The fraction of sp³-hybridized carbons (Fsp3) is 0.611. The van der Waals surface area contributed by atoms with Gasteiger partial charge in [0.15, 0.2) is 0 Å². The predicted molar refractivity (Wildman–Crippen MR) is 89.6 cm³/mol. The molecule has 1 N–H and O–H groups in total. The molecule has 3 nitrogen and oxygen atoms in total. The molecule has 0 amide bonds. The van der Waals surface area contributed by atoms with Gasteiger partial charge in [-0.2, -0.15) is 5.10 Å². The molecule has 116 valence electrons. The maximum Gasteiger partial charge on any atom is 0.0709 e. The molecule has 0 aliphatic heterocycles. The van der Waals surface area contributed by atoms with Gasteiger partial charge in [-0.3, -0.25) is 0 Å². The van der Waals surface area contributed by atoms with Gasteiger partial charge in [0, 0.05) is 17.8 Å². The van der Waals surface area contributed by atoms with Crippen LogP contribution in [0.25, 0.3) is 5.52 Å². The Kier molecular flexibility index (Phi) is 6.74. The highest BCUT2D eigenvalue weighted by Crippen LogP contribution is 2.24. The standard InChI is InChI=1S/C18H29N3/c1-3-5-6-7-8-11-17(19-13-4-2)16-15-20-21-14-10-9-12-18(16)21/h9-10,12,14-15,17,19H,3-8,11,13H2,1-2H3. The van der Waals surface area contributed by atoms with E-state index < -0.39 is 0 Å². The molecule has 2 aromatic heterocycles. The van der Waals surface area contributed by atoms with E-state index in [4.69, 9.17) is 0 Å². The summed E-state index contributed by atoms with van der Waals surface area (Å²) in [6.07, 6.45) is 13.1. The number of unbranched alkanes of at least 4 members (excludes halogenated alkanes) is 4. The van der Waals surface area contributed by atoms with Gasteiger partial charge in [-0.1, -0.05) is 52.0 Å². The first-order chi connectivity index (χ1) is 10.4. The lowest BCUT2D eigenvalue weighted by atomic mass is 10.0. The van der Waals surface area contributed by atoms with Crippen LogP contribution in [0.2, 0.25) is 0 Å². The van der Waals surface area contributed by atoms with Crippen LogP contribution in [-0.2, 0) is 0 Å². The second kappa shape index (κ2) is 8.83. The second-order valence-corrected chi connectivity index (χ2v) is 5.84. The Morgan fingerprint density at radius 3 is 2.76 bits per heavy atom. The minimum Gasteiger partial charge on any atom is -0.310 e. The number of pyridine rings is 1. The van der Waals surface area contributed by atoms with Gasteiger partial charge in [0.25, 0.3) is 0 Å². The third kappa shape index (κ3) is 4.57. The number of nitrogens with one attached hydrogen (secondary N) is 1. The average Bonchev–Trinajstić information content (AvgIpc) is 2.94. The Hall–Kier alpha value is -1.35. The van der Waals surface area contributed by atoms with E-state index in [0.29, 0.717) is 6.04 Å². The molecule has 0 aromatic carbocycles. The van der Waals surface area contributed by atoms with E-state index in [1.54, 1.807) is 0 Å². The average molecular weight is 287 g/mol. The van der Waals surface area contributed by atoms with Crippen molar-refractivity contribution in [2.75, 3.05) is 6.54 Å². The Labute approximate surface area is 128 Å². The Bertz CT molecular complexity index is 518. The molecule has 1 unspecified atom stereocenters. The minimum absolute atomic E-state index is 0.437. The van der Waals surface area contributed by atoms with Gasteiger partial charge in [-0.15, -0.1) is 0 Å². The van der Waals surface area contributed by atoms with Crippen LogP contribution in [0.1, 0.15) is 70.4 Å². The van der Waals surface area contributed by atoms with Crippen molar-refractivity contribution in [3.63, 3.8) is 0 Å². The summed E-state index contributed by atoms with van der Waals surface area (Å²) in [4.78, 5) is 0. The number of nitrogens with zero attached hydrogens (tertiary/aromatic N) is 2. The molecule has 0 spiro atoms. The van der Waals surface area contributed by atoms with Crippen LogP contribution in [0.3, 0.4) is 0 Å². The molecule has 0 radical (unpaired) electrons. The number of hydrogen-bond donors (Lipinski definition) is 1. The SMILES string of the molecule is CCCCCCCC(NCCC)c1cnn2ccccc12. The van der Waals surface area contributed by atoms with Gasteiger partial charge in [0.1, 0.15) is 0 Å². The van der Waals surface area contributed by atoms with Crippen molar-refractivity contribution in [3.05, 3.63) is 36.2 Å². The fourth-order valence-corrected chi connectivity index (χ4v) is 2.86. The van der Waals surface area contributed by atoms with Crippen LogP contribution < -0.4 is 5.32 Å². The number of fused-ring (bicyclic) bond motifs is 1. The zero-order valence-corrected chi connectivity index (χ0v) is 13.5. The summed E-state index contributed by atoms with van der Waals surface area (Å²) in [5, 5.41) is 8.18. The smallest absolute Gasteiger partial charge is 0.0709 e. The van der Waals surface area contributed by atoms with Crippen LogP contribution in [0.15, 0.2) is 30.6 Å². The Morgan fingerprint density at radius 1 is 1.10 bits per heavy atom. The van der Waals surface area contributed by atoms with Gasteiger partial charge in [-0.05, 0) is 31.5 Å². The van der Waals surface area contributed by atoms with Gasteiger partial charge in [-0.25, -0.2) is 4.52 Å². The highest BCUT2D eigenvalue weighted by atomic mass is 15.2. The summed E-state index contributed by atoms with van der Waals surface area (Å²) in [6.45, 7) is 5.57. The number of rotatable bonds is 10. The lowest BCUT2D eigenvalue weighted by Gasteiger charge is -2.17. The number of aromatic nitrogens is 2. The highest BCUT2D eigenvalue weighted by Gasteiger charge is 2.15. The van der Waals surface area contributed by atoms with Crippen LogP contribution >= 0.6 is 0 Å². The Balaban J connectivity index is 2.01. The molecule has 0 bridgehead atoms. The molecule has 3 heteroatoms. The zero-order valence-electron chi connectivity index (χ0n) is 13.5. The number of hydrogen-bond acceptors (Lipinski definition) is 2. The van der Waals surface area contributed by atoms with Crippen LogP contribution in [0.4, 0.5) is 0 Å². The van der Waals surface area contributed by atoms with Crippen molar-refractivity contribution in [1.29, 1.82) is 0 Å².